The lowest BCUT2D eigenvalue weighted by atomic mass is 10.2. The lowest BCUT2D eigenvalue weighted by Crippen LogP contribution is -2.24. The quantitative estimate of drug-likeness (QED) is 0.725. The average Bonchev–Trinajstić information content (AvgIpc) is 2.66. The Kier molecular flexibility index (Phi) is 5.31. The van der Waals surface area contributed by atoms with E-state index in [1.54, 1.807) is 18.5 Å². The minimum Gasteiger partial charge on any atom is -0.350 e. The van der Waals surface area contributed by atoms with Crippen LogP contribution in [0.3, 0.4) is 0 Å². The molecule has 0 spiro atoms. The molecule has 2 N–H and O–H groups in total. The van der Waals surface area contributed by atoms with Gasteiger partial charge in [-0.15, -0.1) is 0 Å². The van der Waals surface area contributed by atoms with Gasteiger partial charge >= 0.3 is 0 Å². The van der Waals surface area contributed by atoms with Gasteiger partial charge in [0.2, 0.25) is 5.95 Å². The molecule has 3 rings (SSSR count). The van der Waals surface area contributed by atoms with Gasteiger partial charge in [0.1, 0.15) is 5.69 Å². The van der Waals surface area contributed by atoms with Crippen LogP contribution in [0.5, 0.6) is 0 Å². The third-order valence-corrected chi connectivity index (χ3v) is 3.56. The van der Waals surface area contributed by atoms with Crippen molar-refractivity contribution >= 4 is 11.9 Å². The lowest BCUT2D eigenvalue weighted by molar-refractivity contribution is 0.0945. The molecule has 0 saturated carbocycles. The van der Waals surface area contributed by atoms with Crippen LogP contribution < -0.4 is 10.6 Å². The van der Waals surface area contributed by atoms with Crippen LogP contribution in [0.2, 0.25) is 0 Å². The van der Waals surface area contributed by atoms with E-state index in [1.165, 1.54) is 0 Å². The number of amides is 1. The van der Waals surface area contributed by atoms with Crippen molar-refractivity contribution < 1.29 is 4.79 Å². The van der Waals surface area contributed by atoms with E-state index in [0.29, 0.717) is 24.7 Å². The first-order valence-corrected chi connectivity index (χ1v) is 8.01. The molecule has 0 aliphatic heterocycles. The van der Waals surface area contributed by atoms with Crippen LogP contribution in [0.1, 0.15) is 27.3 Å². The van der Waals surface area contributed by atoms with Gasteiger partial charge in [0.15, 0.2) is 0 Å². The van der Waals surface area contributed by atoms with E-state index in [1.807, 2.05) is 49.4 Å². The highest BCUT2D eigenvalue weighted by Gasteiger charge is 2.10. The number of carbonyl (C=O) groups excluding carboxylic acids is 1. The van der Waals surface area contributed by atoms with Crippen molar-refractivity contribution in [2.75, 3.05) is 5.32 Å². The Morgan fingerprint density at radius 3 is 2.56 bits per heavy atom. The molecule has 3 aromatic rings. The first kappa shape index (κ1) is 16.6. The molecule has 0 fully saturated rings. The molecule has 25 heavy (non-hydrogen) atoms. The standard InChI is InChI=1S/C19H19N5O/c1-14-10-17(18(25)21-12-15-6-3-2-4-7-15)24-19(23-14)22-13-16-8-5-9-20-11-16/h2-11H,12-13H2,1H3,(H,21,25)(H,22,23,24). The summed E-state index contributed by atoms with van der Waals surface area (Å²) in [5.41, 5.74) is 3.13. The van der Waals surface area contributed by atoms with Gasteiger partial charge in [-0.05, 0) is 30.2 Å². The van der Waals surface area contributed by atoms with Crippen LogP contribution in [0.25, 0.3) is 0 Å². The summed E-state index contributed by atoms with van der Waals surface area (Å²) in [5, 5.41) is 6.01. The number of pyridine rings is 1. The van der Waals surface area contributed by atoms with Crippen LogP contribution in [0, 0.1) is 6.92 Å². The Labute approximate surface area is 146 Å². The number of anilines is 1. The Morgan fingerprint density at radius 1 is 1.00 bits per heavy atom. The Bertz CT molecular complexity index is 837. The van der Waals surface area contributed by atoms with E-state index in [4.69, 9.17) is 0 Å². The van der Waals surface area contributed by atoms with Crippen molar-refractivity contribution in [1.82, 2.24) is 20.3 Å². The first-order valence-electron chi connectivity index (χ1n) is 8.01. The maximum absolute atomic E-state index is 12.4. The fourth-order valence-corrected chi connectivity index (χ4v) is 2.32. The van der Waals surface area contributed by atoms with Gasteiger partial charge in [-0.2, -0.15) is 0 Å². The molecule has 6 nitrogen and oxygen atoms in total. The molecule has 0 bridgehead atoms. The van der Waals surface area contributed by atoms with Crippen LogP contribution in [0.4, 0.5) is 5.95 Å². The van der Waals surface area contributed by atoms with E-state index < -0.39 is 0 Å². The monoisotopic (exact) mass is 333 g/mol. The number of benzene rings is 1. The molecule has 0 saturated heterocycles. The summed E-state index contributed by atoms with van der Waals surface area (Å²) in [6.07, 6.45) is 3.50. The highest BCUT2D eigenvalue weighted by Crippen LogP contribution is 2.07. The topological polar surface area (TPSA) is 79.8 Å². The van der Waals surface area contributed by atoms with Gasteiger partial charge in [-0.25, -0.2) is 9.97 Å². The van der Waals surface area contributed by atoms with Crippen LogP contribution in [-0.2, 0) is 13.1 Å². The second-order valence-corrected chi connectivity index (χ2v) is 5.60. The zero-order chi connectivity index (χ0) is 17.5. The summed E-state index contributed by atoms with van der Waals surface area (Å²) in [7, 11) is 0. The van der Waals surface area contributed by atoms with Gasteiger partial charge in [0, 0.05) is 31.2 Å². The molecule has 0 aliphatic carbocycles. The molecule has 1 aromatic carbocycles. The number of carbonyl (C=O) groups is 1. The van der Waals surface area contributed by atoms with Gasteiger partial charge in [0.05, 0.1) is 0 Å². The van der Waals surface area contributed by atoms with Crippen molar-refractivity contribution in [2.24, 2.45) is 0 Å². The molecule has 2 aromatic heterocycles. The van der Waals surface area contributed by atoms with E-state index in [2.05, 4.69) is 25.6 Å². The Morgan fingerprint density at radius 2 is 1.80 bits per heavy atom. The number of aromatic nitrogens is 3. The Hall–Kier alpha value is -3.28. The summed E-state index contributed by atoms with van der Waals surface area (Å²) in [6.45, 7) is 2.84. The summed E-state index contributed by atoms with van der Waals surface area (Å²) in [5.74, 6) is 0.201. The highest BCUT2D eigenvalue weighted by molar-refractivity contribution is 5.92. The average molecular weight is 333 g/mol. The maximum Gasteiger partial charge on any atom is 0.270 e. The predicted octanol–water partition coefficient (Wildman–Crippen LogP) is 2.72. The molecule has 2 heterocycles. The summed E-state index contributed by atoms with van der Waals surface area (Å²) in [6, 6.07) is 15.3. The van der Waals surface area contributed by atoms with Gasteiger partial charge in [0.25, 0.3) is 5.91 Å². The smallest absolute Gasteiger partial charge is 0.270 e. The normalized spacial score (nSPS) is 10.3. The summed E-state index contributed by atoms with van der Waals surface area (Å²) in [4.78, 5) is 25.1. The fraction of sp³-hybridized carbons (Fsp3) is 0.158. The lowest BCUT2D eigenvalue weighted by Gasteiger charge is -2.09. The van der Waals surface area contributed by atoms with Crippen molar-refractivity contribution in [3.8, 4) is 0 Å². The number of rotatable bonds is 6. The van der Waals surface area contributed by atoms with Crippen molar-refractivity contribution in [2.45, 2.75) is 20.0 Å². The number of nitrogens with one attached hydrogen (secondary N) is 2. The SMILES string of the molecule is Cc1cc(C(=O)NCc2ccccc2)nc(NCc2cccnc2)n1. The van der Waals surface area contributed by atoms with Crippen LogP contribution in [0.15, 0.2) is 60.9 Å². The van der Waals surface area contributed by atoms with Crippen molar-refractivity contribution in [3.63, 3.8) is 0 Å². The van der Waals surface area contributed by atoms with Gasteiger partial charge in [-0.3, -0.25) is 9.78 Å². The molecule has 6 heteroatoms. The molecule has 0 unspecified atom stereocenters. The first-order chi connectivity index (χ1) is 12.2. The fourth-order valence-electron chi connectivity index (χ4n) is 2.32. The maximum atomic E-state index is 12.4. The second-order valence-electron chi connectivity index (χ2n) is 5.60. The van der Waals surface area contributed by atoms with Crippen LogP contribution in [-0.4, -0.2) is 20.9 Å². The molecular formula is C19H19N5O. The van der Waals surface area contributed by atoms with E-state index in [9.17, 15) is 4.79 Å². The van der Waals surface area contributed by atoms with Gasteiger partial charge in [-0.1, -0.05) is 36.4 Å². The summed E-state index contributed by atoms with van der Waals surface area (Å²) >= 11 is 0. The van der Waals surface area contributed by atoms with Gasteiger partial charge < -0.3 is 10.6 Å². The number of hydrogen-bond donors (Lipinski definition) is 2. The molecular weight excluding hydrogens is 314 g/mol. The summed E-state index contributed by atoms with van der Waals surface area (Å²) < 4.78 is 0. The van der Waals surface area contributed by atoms with Crippen LogP contribution >= 0.6 is 0 Å². The molecule has 0 atom stereocenters. The van der Waals surface area contributed by atoms with E-state index >= 15 is 0 Å². The number of hydrogen-bond acceptors (Lipinski definition) is 5. The molecule has 126 valence electrons. The predicted molar refractivity (Wildman–Crippen MR) is 95.9 cm³/mol. The van der Waals surface area contributed by atoms with Crippen molar-refractivity contribution in [1.29, 1.82) is 0 Å². The number of aryl methyl sites for hydroxylation is 1. The largest absolute Gasteiger partial charge is 0.350 e. The highest BCUT2D eigenvalue weighted by atomic mass is 16.1. The second kappa shape index (κ2) is 8.01. The zero-order valence-electron chi connectivity index (χ0n) is 13.9. The molecule has 0 radical (unpaired) electrons. The third-order valence-electron chi connectivity index (χ3n) is 3.56. The minimum atomic E-state index is -0.223. The van der Waals surface area contributed by atoms with E-state index in [0.717, 1.165) is 16.8 Å². The zero-order valence-corrected chi connectivity index (χ0v) is 13.9. The third kappa shape index (κ3) is 4.84. The Balaban J connectivity index is 1.65. The molecule has 0 aliphatic rings. The molecule has 1 amide bonds. The van der Waals surface area contributed by atoms with E-state index in [-0.39, 0.29) is 5.91 Å². The minimum absolute atomic E-state index is 0.223. The number of nitrogens with zero attached hydrogens (tertiary/aromatic N) is 3. The van der Waals surface area contributed by atoms with Crippen molar-refractivity contribution in [3.05, 3.63) is 83.4 Å².